The summed E-state index contributed by atoms with van der Waals surface area (Å²) in [5, 5.41) is 6.24. The van der Waals surface area contributed by atoms with E-state index in [0.29, 0.717) is 11.5 Å². The molecular formula is C13H17FN2O. The Morgan fingerprint density at radius 3 is 2.71 bits per heavy atom. The van der Waals surface area contributed by atoms with Gasteiger partial charge in [-0.15, -0.1) is 0 Å². The SMILES string of the molecule is CC1CNCC(NC(=O)c2ccc(F)cc2)C1. The monoisotopic (exact) mass is 236 g/mol. The van der Waals surface area contributed by atoms with E-state index < -0.39 is 0 Å². The molecule has 1 heterocycles. The van der Waals surface area contributed by atoms with Crippen LogP contribution < -0.4 is 10.6 Å². The Labute approximate surface area is 100 Å². The molecule has 0 aromatic heterocycles. The van der Waals surface area contributed by atoms with E-state index in [9.17, 15) is 9.18 Å². The van der Waals surface area contributed by atoms with Gasteiger partial charge in [0.15, 0.2) is 0 Å². The average molecular weight is 236 g/mol. The molecule has 1 fully saturated rings. The fraction of sp³-hybridized carbons (Fsp3) is 0.462. The van der Waals surface area contributed by atoms with Crippen molar-refractivity contribution in [2.45, 2.75) is 19.4 Å². The zero-order valence-electron chi connectivity index (χ0n) is 9.87. The summed E-state index contributed by atoms with van der Waals surface area (Å²) in [6.07, 6.45) is 0.986. The summed E-state index contributed by atoms with van der Waals surface area (Å²) < 4.78 is 12.7. The molecule has 1 aliphatic rings. The second-order valence-corrected chi connectivity index (χ2v) is 4.68. The predicted molar refractivity (Wildman–Crippen MR) is 64.3 cm³/mol. The van der Waals surface area contributed by atoms with Gasteiger partial charge in [0.2, 0.25) is 0 Å². The van der Waals surface area contributed by atoms with E-state index in [1.165, 1.54) is 24.3 Å². The van der Waals surface area contributed by atoms with Gasteiger partial charge in [-0.05, 0) is 43.1 Å². The molecule has 3 nitrogen and oxygen atoms in total. The van der Waals surface area contributed by atoms with Crippen molar-refractivity contribution < 1.29 is 9.18 Å². The van der Waals surface area contributed by atoms with Crippen molar-refractivity contribution in [1.29, 1.82) is 0 Å². The Morgan fingerprint density at radius 1 is 1.35 bits per heavy atom. The molecule has 4 heteroatoms. The van der Waals surface area contributed by atoms with Crippen LogP contribution in [0.25, 0.3) is 0 Å². The lowest BCUT2D eigenvalue weighted by Crippen LogP contribution is -2.48. The number of piperidine rings is 1. The van der Waals surface area contributed by atoms with Gasteiger partial charge >= 0.3 is 0 Å². The molecule has 2 N–H and O–H groups in total. The van der Waals surface area contributed by atoms with Gasteiger partial charge in [0.05, 0.1) is 0 Å². The zero-order chi connectivity index (χ0) is 12.3. The quantitative estimate of drug-likeness (QED) is 0.818. The van der Waals surface area contributed by atoms with Crippen molar-refractivity contribution in [3.05, 3.63) is 35.6 Å². The van der Waals surface area contributed by atoms with Crippen LogP contribution in [0.15, 0.2) is 24.3 Å². The van der Waals surface area contributed by atoms with Crippen molar-refractivity contribution in [3.63, 3.8) is 0 Å². The number of carbonyl (C=O) groups is 1. The highest BCUT2D eigenvalue weighted by molar-refractivity contribution is 5.94. The van der Waals surface area contributed by atoms with E-state index in [1.54, 1.807) is 0 Å². The number of benzene rings is 1. The smallest absolute Gasteiger partial charge is 0.251 e. The lowest BCUT2D eigenvalue weighted by atomic mass is 9.97. The van der Waals surface area contributed by atoms with E-state index in [2.05, 4.69) is 17.6 Å². The molecule has 2 rings (SSSR count). The van der Waals surface area contributed by atoms with Crippen molar-refractivity contribution in [2.24, 2.45) is 5.92 Å². The van der Waals surface area contributed by atoms with E-state index in [-0.39, 0.29) is 17.8 Å². The van der Waals surface area contributed by atoms with Gasteiger partial charge in [0.1, 0.15) is 5.82 Å². The minimum Gasteiger partial charge on any atom is -0.348 e. The first-order valence-electron chi connectivity index (χ1n) is 5.92. The number of nitrogens with one attached hydrogen (secondary N) is 2. The van der Waals surface area contributed by atoms with Crippen molar-refractivity contribution in [1.82, 2.24) is 10.6 Å². The maximum absolute atomic E-state index is 12.7. The van der Waals surface area contributed by atoms with E-state index in [4.69, 9.17) is 0 Å². The molecule has 1 amide bonds. The molecule has 1 aliphatic heterocycles. The third-order valence-corrected chi connectivity index (χ3v) is 3.01. The Hall–Kier alpha value is -1.42. The second kappa shape index (κ2) is 5.27. The Balaban J connectivity index is 1.94. The largest absolute Gasteiger partial charge is 0.348 e. The van der Waals surface area contributed by atoms with Crippen molar-refractivity contribution in [3.8, 4) is 0 Å². The minimum absolute atomic E-state index is 0.133. The second-order valence-electron chi connectivity index (χ2n) is 4.68. The first-order valence-corrected chi connectivity index (χ1v) is 5.92. The summed E-state index contributed by atoms with van der Waals surface area (Å²) in [4.78, 5) is 11.9. The number of halogens is 1. The number of hydrogen-bond acceptors (Lipinski definition) is 2. The average Bonchev–Trinajstić information content (AvgIpc) is 2.29. The van der Waals surface area contributed by atoms with Crippen LogP contribution in [0.2, 0.25) is 0 Å². The number of hydrogen-bond donors (Lipinski definition) is 2. The van der Waals surface area contributed by atoms with Crippen molar-refractivity contribution >= 4 is 5.91 Å². The van der Waals surface area contributed by atoms with Gasteiger partial charge in [-0.2, -0.15) is 0 Å². The van der Waals surface area contributed by atoms with Crippen LogP contribution in [0.1, 0.15) is 23.7 Å². The lowest BCUT2D eigenvalue weighted by Gasteiger charge is -2.28. The molecule has 0 spiro atoms. The summed E-state index contributed by atoms with van der Waals surface area (Å²) in [6.45, 7) is 3.96. The standard InChI is InChI=1S/C13H17FN2O/c1-9-6-12(8-15-7-9)16-13(17)10-2-4-11(14)5-3-10/h2-5,9,12,15H,6-8H2,1H3,(H,16,17). The molecule has 92 valence electrons. The van der Waals surface area contributed by atoms with Crippen LogP contribution in [-0.4, -0.2) is 25.0 Å². The van der Waals surface area contributed by atoms with Gasteiger partial charge in [-0.1, -0.05) is 6.92 Å². The van der Waals surface area contributed by atoms with Gasteiger partial charge in [-0.3, -0.25) is 4.79 Å². The molecule has 2 atom stereocenters. The van der Waals surface area contributed by atoms with Crippen LogP contribution in [0.3, 0.4) is 0 Å². The molecular weight excluding hydrogens is 219 g/mol. The van der Waals surface area contributed by atoms with Crippen molar-refractivity contribution in [2.75, 3.05) is 13.1 Å². The Kier molecular flexibility index (Phi) is 3.74. The third-order valence-electron chi connectivity index (χ3n) is 3.01. The highest BCUT2D eigenvalue weighted by Gasteiger charge is 2.20. The summed E-state index contributed by atoms with van der Waals surface area (Å²) in [6, 6.07) is 5.78. The number of amides is 1. The maximum atomic E-state index is 12.7. The molecule has 1 aromatic rings. The van der Waals surface area contributed by atoms with Crippen LogP contribution in [-0.2, 0) is 0 Å². The first kappa shape index (κ1) is 12.0. The Morgan fingerprint density at radius 2 is 2.06 bits per heavy atom. The van der Waals surface area contributed by atoms with E-state index >= 15 is 0 Å². The van der Waals surface area contributed by atoms with E-state index in [1.807, 2.05) is 0 Å². The summed E-state index contributed by atoms with van der Waals surface area (Å²) in [5.41, 5.74) is 0.504. The van der Waals surface area contributed by atoms with Gasteiger partial charge in [0.25, 0.3) is 5.91 Å². The fourth-order valence-corrected chi connectivity index (χ4v) is 2.14. The van der Waals surface area contributed by atoms with Crippen LogP contribution >= 0.6 is 0 Å². The highest BCUT2D eigenvalue weighted by Crippen LogP contribution is 2.10. The predicted octanol–water partition coefficient (Wildman–Crippen LogP) is 1.55. The Bertz CT molecular complexity index is 391. The summed E-state index contributed by atoms with van der Waals surface area (Å²) >= 11 is 0. The number of rotatable bonds is 2. The molecule has 17 heavy (non-hydrogen) atoms. The van der Waals surface area contributed by atoms with Crippen LogP contribution in [0.4, 0.5) is 4.39 Å². The normalized spacial score (nSPS) is 24.4. The van der Waals surface area contributed by atoms with E-state index in [0.717, 1.165) is 19.5 Å². The molecule has 1 saturated heterocycles. The number of carbonyl (C=O) groups excluding carboxylic acids is 1. The molecule has 0 radical (unpaired) electrons. The van der Waals surface area contributed by atoms with Crippen LogP contribution in [0, 0.1) is 11.7 Å². The molecule has 0 aliphatic carbocycles. The first-order chi connectivity index (χ1) is 8.15. The topological polar surface area (TPSA) is 41.1 Å². The van der Waals surface area contributed by atoms with Crippen LogP contribution in [0.5, 0.6) is 0 Å². The molecule has 1 aromatic carbocycles. The third kappa shape index (κ3) is 3.27. The zero-order valence-corrected chi connectivity index (χ0v) is 9.87. The van der Waals surface area contributed by atoms with Gasteiger partial charge < -0.3 is 10.6 Å². The molecule has 0 bridgehead atoms. The summed E-state index contributed by atoms with van der Waals surface area (Å²) in [7, 11) is 0. The lowest BCUT2D eigenvalue weighted by molar-refractivity contribution is 0.0925. The minimum atomic E-state index is -0.325. The fourth-order valence-electron chi connectivity index (χ4n) is 2.14. The highest BCUT2D eigenvalue weighted by atomic mass is 19.1. The van der Waals surface area contributed by atoms with Gasteiger partial charge in [-0.25, -0.2) is 4.39 Å². The molecule has 2 unspecified atom stereocenters. The molecule has 0 saturated carbocycles. The summed E-state index contributed by atoms with van der Waals surface area (Å²) in [5.74, 6) is 0.114. The maximum Gasteiger partial charge on any atom is 0.251 e. The van der Waals surface area contributed by atoms with Gasteiger partial charge in [0, 0.05) is 18.2 Å².